The average Bonchev–Trinajstić information content (AvgIpc) is 2.53. The predicted octanol–water partition coefficient (Wildman–Crippen LogP) is 3.64. The van der Waals surface area contributed by atoms with Crippen molar-refractivity contribution in [2.75, 3.05) is 13.2 Å². The van der Waals surface area contributed by atoms with Gasteiger partial charge in [-0.25, -0.2) is 0 Å². The molecule has 0 N–H and O–H groups in total. The maximum Gasteiger partial charge on any atom is 0.174 e. The minimum absolute atomic E-state index is 0.0522. The van der Waals surface area contributed by atoms with Crippen LogP contribution < -0.4 is 9.47 Å². The quantitative estimate of drug-likeness (QED) is 0.814. The van der Waals surface area contributed by atoms with Gasteiger partial charge in [0.1, 0.15) is 23.6 Å². The van der Waals surface area contributed by atoms with Crippen molar-refractivity contribution >= 4 is 11.8 Å². The Morgan fingerprint density at radius 3 is 1.43 bits per heavy atom. The second-order valence-corrected chi connectivity index (χ2v) is 5.09. The lowest BCUT2D eigenvalue weighted by atomic mass is 10.3. The second-order valence-electron chi connectivity index (χ2n) is 3.94. The first-order chi connectivity index (χ1) is 10.3. The van der Waals surface area contributed by atoms with Crippen molar-refractivity contribution in [3.05, 3.63) is 48.5 Å². The van der Waals surface area contributed by atoms with E-state index in [1.165, 1.54) is 0 Å². The Hall–Kier alpha value is -2.63. The van der Waals surface area contributed by atoms with Crippen molar-refractivity contribution in [1.29, 1.82) is 10.5 Å². The van der Waals surface area contributed by atoms with Gasteiger partial charge in [0.05, 0.1) is 0 Å². The molecule has 0 atom stereocenters. The third-order valence-corrected chi connectivity index (χ3v) is 3.51. The first-order valence-electron chi connectivity index (χ1n) is 6.19. The van der Waals surface area contributed by atoms with Gasteiger partial charge in [-0.15, -0.1) is 0 Å². The van der Waals surface area contributed by atoms with Crippen LogP contribution in [0.4, 0.5) is 0 Å². The maximum atomic E-state index is 8.45. The fourth-order valence-corrected chi connectivity index (χ4v) is 2.39. The SMILES string of the molecule is N#CCOc1ccc(Sc2ccc(OCC#N)cc2)cc1. The van der Waals surface area contributed by atoms with E-state index >= 15 is 0 Å². The summed E-state index contributed by atoms with van der Waals surface area (Å²) in [5, 5.41) is 16.9. The zero-order chi connectivity index (χ0) is 14.9. The van der Waals surface area contributed by atoms with Crippen molar-refractivity contribution in [2.24, 2.45) is 0 Å². The van der Waals surface area contributed by atoms with Gasteiger partial charge in [-0.1, -0.05) is 11.8 Å². The van der Waals surface area contributed by atoms with Crippen LogP contribution in [0.15, 0.2) is 58.3 Å². The molecule has 0 unspecified atom stereocenters. The predicted molar refractivity (Wildman–Crippen MR) is 79.2 cm³/mol. The summed E-state index contributed by atoms with van der Waals surface area (Å²) in [6.45, 7) is 0.104. The van der Waals surface area contributed by atoms with Crippen LogP contribution in [0.3, 0.4) is 0 Å². The lowest BCUT2D eigenvalue weighted by Crippen LogP contribution is -1.93. The van der Waals surface area contributed by atoms with Crippen LogP contribution >= 0.6 is 11.8 Å². The lowest BCUT2D eigenvalue weighted by molar-refractivity contribution is 0.368. The highest BCUT2D eigenvalue weighted by molar-refractivity contribution is 7.99. The van der Waals surface area contributed by atoms with Crippen LogP contribution in [0.2, 0.25) is 0 Å². The van der Waals surface area contributed by atoms with E-state index < -0.39 is 0 Å². The summed E-state index contributed by atoms with van der Waals surface area (Å²) in [5.41, 5.74) is 0. The molecule has 21 heavy (non-hydrogen) atoms. The minimum atomic E-state index is 0.0522. The summed E-state index contributed by atoms with van der Waals surface area (Å²) in [4.78, 5) is 2.15. The first kappa shape index (κ1) is 14.8. The minimum Gasteiger partial charge on any atom is -0.479 e. The molecule has 2 aromatic rings. The molecule has 0 amide bonds. The summed E-state index contributed by atoms with van der Waals surface area (Å²) >= 11 is 1.61. The van der Waals surface area contributed by atoms with Crippen molar-refractivity contribution < 1.29 is 9.47 Å². The molecule has 2 aromatic carbocycles. The number of nitrogens with zero attached hydrogens (tertiary/aromatic N) is 2. The molecule has 0 fully saturated rings. The second kappa shape index (κ2) is 7.84. The van der Waals surface area contributed by atoms with Crippen molar-refractivity contribution in [2.45, 2.75) is 9.79 Å². The highest BCUT2D eigenvalue weighted by Crippen LogP contribution is 2.30. The van der Waals surface area contributed by atoms with Gasteiger partial charge in [0.15, 0.2) is 13.2 Å². The molecule has 0 saturated carbocycles. The van der Waals surface area contributed by atoms with Crippen molar-refractivity contribution in [1.82, 2.24) is 0 Å². The molecule has 0 radical (unpaired) electrons. The third-order valence-electron chi connectivity index (χ3n) is 2.49. The highest BCUT2D eigenvalue weighted by Gasteiger charge is 2.00. The van der Waals surface area contributed by atoms with E-state index in [1.54, 1.807) is 11.8 Å². The van der Waals surface area contributed by atoms with Crippen molar-refractivity contribution in [3.8, 4) is 23.6 Å². The summed E-state index contributed by atoms with van der Waals surface area (Å²) in [6.07, 6.45) is 0. The summed E-state index contributed by atoms with van der Waals surface area (Å²) in [7, 11) is 0. The molecule has 2 rings (SSSR count). The molecule has 0 spiro atoms. The van der Waals surface area contributed by atoms with E-state index in [9.17, 15) is 0 Å². The van der Waals surface area contributed by atoms with E-state index in [1.807, 2.05) is 60.7 Å². The number of hydrogen-bond acceptors (Lipinski definition) is 5. The molecule has 0 heterocycles. The van der Waals surface area contributed by atoms with Gasteiger partial charge in [-0.2, -0.15) is 10.5 Å². The molecular weight excluding hydrogens is 284 g/mol. The van der Waals surface area contributed by atoms with Gasteiger partial charge in [-0.05, 0) is 48.5 Å². The molecule has 0 aliphatic rings. The Bertz CT molecular complexity index is 595. The Kier molecular flexibility index (Phi) is 5.51. The van der Waals surface area contributed by atoms with Gasteiger partial charge in [0.2, 0.25) is 0 Å². The number of rotatable bonds is 6. The Balaban J connectivity index is 1.95. The van der Waals surface area contributed by atoms with Crippen LogP contribution in [-0.2, 0) is 0 Å². The molecule has 0 aliphatic carbocycles. The van der Waals surface area contributed by atoms with E-state index in [0.29, 0.717) is 11.5 Å². The largest absolute Gasteiger partial charge is 0.479 e. The lowest BCUT2D eigenvalue weighted by Gasteiger charge is -2.05. The molecular formula is C16H12N2O2S. The smallest absolute Gasteiger partial charge is 0.174 e. The Morgan fingerprint density at radius 1 is 0.714 bits per heavy atom. The third kappa shape index (κ3) is 4.76. The molecule has 5 heteroatoms. The first-order valence-corrected chi connectivity index (χ1v) is 7.01. The van der Waals surface area contributed by atoms with Crippen LogP contribution in [-0.4, -0.2) is 13.2 Å². The maximum absolute atomic E-state index is 8.45. The molecule has 0 aliphatic heterocycles. The van der Waals surface area contributed by atoms with Gasteiger partial charge in [0, 0.05) is 9.79 Å². The molecule has 0 aromatic heterocycles. The highest BCUT2D eigenvalue weighted by atomic mass is 32.2. The standard InChI is InChI=1S/C16H12N2O2S/c17-9-11-19-13-1-5-15(6-2-13)21-16-7-3-14(4-8-16)20-12-10-18/h1-8H,11-12H2. The number of benzene rings is 2. The number of ether oxygens (including phenoxy) is 2. The number of hydrogen-bond donors (Lipinski definition) is 0. The fraction of sp³-hybridized carbons (Fsp3) is 0.125. The zero-order valence-corrected chi connectivity index (χ0v) is 12.0. The van der Waals surface area contributed by atoms with Gasteiger partial charge < -0.3 is 9.47 Å². The summed E-state index contributed by atoms with van der Waals surface area (Å²) < 4.78 is 10.4. The van der Waals surface area contributed by atoms with E-state index in [4.69, 9.17) is 20.0 Å². The van der Waals surface area contributed by atoms with Crippen LogP contribution in [0.1, 0.15) is 0 Å². The summed E-state index contributed by atoms with van der Waals surface area (Å²) in [5.74, 6) is 1.36. The molecule has 0 saturated heterocycles. The monoisotopic (exact) mass is 296 g/mol. The topological polar surface area (TPSA) is 66.0 Å². The van der Waals surface area contributed by atoms with E-state index in [-0.39, 0.29) is 13.2 Å². The van der Waals surface area contributed by atoms with Gasteiger partial charge in [0.25, 0.3) is 0 Å². The molecule has 4 nitrogen and oxygen atoms in total. The molecule has 104 valence electrons. The van der Waals surface area contributed by atoms with Crippen molar-refractivity contribution in [3.63, 3.8) is 0 Å². The summed E-state index contributed by atoms with van der Waals surface area (Å²) in [6, 6.07) is 19.0. The average molecular weight is 296 g/mol. The Labute approximate surface area is 127 Å². The fourth-order valence-electron chi connectivity index (χ4n) is 1.58. The van der Waals surface area contributed by atoms with Crippen LogP contribution in [0.5, 0.6) is 11.5 Å². The van der Waals surface area contributed by atoms with Gasteiger partial charge >= 0.3 is 0 Å². The van der Waals surface area contributed by atoms with Crippen LogP contribution in [0, 0.1) is 22.7 Å². The number of nitriles is 2. The van der Waals surface area contributed by atoms with E-state index in [0.717, 1.165) is 9.79 Å². The van der Waals surface area contributed by atoms with Crippen LogP contribution in [0.25, 0.3) is 0 Å². The van der Waals surface area contributed by atoms with E-state index in [2.05, 4.69) is 0 Å². The Morgan fingerprint density at radius 2 is 1.10 bits per heavy atom. The zero-order valence-electron chi connectivity index (χ0n) is 11.2. The molecule has 0 bridgehead atoms. The normalized spacial score (nSPS) is 9.43. The van der Waals surface area contributed by atoms with Gasteiger partial charge in [-0.3, -0.25) is 0 Å².